The molecule has 2 rings (SSSR count). The van der Waals surface area contributed by atoms with E-state index in [0.29, 0.717) is 12.2 Å². The molecule has 0 saturated carbocycles. The van der Waals surface area contributed by atoms with E-state index in [1.807, 2.05) is 13.8 Å². The van der Waals surface area contributed by atoms with Gasteiger partial charge in [-0.25, -0.2) is 4.39 Å². The standard InChI is InChI=1S/C15H21FN2O3/c1-9(2)18-12-8-21-13(14(12)19)7-17-15(20)10-3-5-11(16)6-4-10/h3-6,9,12-14,18-19H,7-8H2,1-2H3,(H,17,20)/t12-,13-,14+/m1/s1. The number of aliphatic hydroxyl groups is 1. The molecule has 1 aliphatic rings. The van der Waals surface area contributed by atoms with E-state index in [1.54, 1.807) is 0 Å². The van der Waals surface area contributed by atoms with Crippen molar-refractivity contribution >= 4 is 5.91 Å². The van der Waals surface area contributed by atoms with Crippen LogP contribution in [0, 0.1) is 5.82 Å². The molecule has 0 aromatic heterocycles. The third-order valence-corrected chi connectivity index (χ3v) is 3.40. The van der Waals surface area contributed by atoms with Crippen LogP contribution in [0.25, 0.3) is 0 Å². The normalized spacial score (nSPS) is 25.3. The maximum atomic E-state index is 12.8. The van der Waals surface area contributed by atoms with Gasteiger partial charge in [-0.2, -0.15) is 0 Å². The number of benzene rings is 1. The molecule has 1 aromatic carbocycles. The molecule has 21 heavy (non-hydrogen) atoms. The Balaban J connectivity index is 1.83. The summed E-state index contributed by atoms with van der Waals surface area (Å²) in [5, 5.41) is 16.0. The Morgan fingerprint density at radius 2 is 2.10 bits per heavy atom. The Morgan fingerprint density at radius 1 is 1.43 bits per heavy atom. The smallest absolute Gasteiger partial charge is 0.251 e. The van der Waals surface area contributed by atoms with Crippen LogP contribution in [0.5, 0.6) is 0 Å². The van der Waals surface area contributed by atoms with Gasteiger partial charge in [-0.15, -0.1) is 0 Å². The lowest BCUT2D eigenvalue weighted by Gasteiger charge is -2.20. The van der Waals surface area contributed by atoms with E-state index in [-0.39, 0.29) is 30.4 Å². The molecule has 0 bridgehead atoms. The fraction of sp³-hybridized carbons (Fsp3) is 0.533. The van der Waals surface area contributed by atoms with E-state index in [0.717, 1.165) is 0 Å². The van der Waals surface area contributed by atoms with Crippen LogP contribution in [-0.4, -0.2) is 48.5 Å². The Morgan fingerprint density at radius 3 is 2.71 bits per heavy atom. The lowest BCUT2D eigenvalue weighted by Crippen LogP contribution is -2.46. The molecule has 0 radical (unpaired) electrons. The molecular weight excluding hydrogens is 275 g/mol. The Bertz CT molecular complexity index is 478. The fourth-order valence-electron chi connectivity index (χ4n) is 2.33. The second-order valence-electron chi connectivity index (χ2n) is 5.51. The van der Waals surface area contributed by atoms with Crippen molar-refractivity contribution in [1.29, 1.82) is 0 Å². The van der Waals surface area contributed by atoms with Crippen molar-refractivity contribution in [1.82, 2.24) is 10.6 Å². The number of hydrogen-bond donors (Lipinski definition) is 3. The van der Waals surface area contributed by atoms with Crippen molar-refractivity contribution in [2.24, 2.45) is 0 Å². The van der Waals surface area contributed by atoms with Gasteiger partial charge < -0.3 is 20.5 Å². The highest BCUT2D eigenvalue weighted by Crippen LogP contribution is 2.14. The molecular formula is C15H21FN2O3. The number of nitrogens with one attached hydrogen (secondary N) is 2. The first-order chi connectivity index (χ1) is 9.97. The summed E-state index contributed by atoms with van der Waals surface area (Å²) in [5.41, 5.74) is 0.376. The number of aliphatic hydroxyl groups excluding tert-OH is 1. The topological polar surface area (TPSA) is 70.6 Å². The van der Waals surface area contributed by atoms with Gasteiger partial charge in [0, 0.05) is 18.2 Å². The third-order valence-electron chi connectivity index (χ3n) is 3.40. The molecule has 1 aliphatic heterocycles. The zero-order valence-electron chi connectivity index (χ0n) is 12.2. The molecule has 3 N–H and O–H groups in total. The molecule has 3 atom stereocenters. The Labute approximate surface area is 123 Å². The van der Waals surface area contributed by atoms with Crippen LogP contribution in [0.1, 0.15) is 24.2 Å². The maximum absolute atomic E-state index is 12.8. The average Bonchev–Trinajstić information content (AvgIpc) is 2.77. The second kappa shape index (κ2) is 6.98. The fourth-order valence-corrected chi connectivity index (χ4v) is 2.33. The van der Waals surface area contributed by atoms with Gasteiger partial charge in [0.1, 0.15) is 11.9 Å². The van der Waals surface area contributed by atoms with Crippen LogP contribution in [0.3, 0.4) is 0 Å². The minimum atomic E-state index is -0.666. The van der Waals surface area contributed by atoms with Crippen molar-refractivity contribution < 1.29 is 19.0 Å². The Kier molecular flexibility index (Phi) is 5.27. The number of halogens is 1. The molecule has 0 aliphatic carbocycles. The van der Waals surface area contributed by atoms with Gasteiger partial charge in [0.05, 0.1) is 18.8 Å². The van der Waals surface area contributed by atoms with Gasteiger partial charge in [-0.3, -0.25) is 4.79 Å². The van der Waals surface area contributed by atoms with E-state index in [4.69, 9.17) is 4.74 Å². The van der Waals surface area contributed by atoms with Crippen molar-refractivity contribution in [2.45, 2.75) is 38.1 Å². The number of hydrogen-bond acceptors (Lipinski definition) is 4. The zero-order valence-corrected chi connectivity index (χ0v) is 12.2. The molecule has 1 fully saturated rings. The first-order valence-corrected chi connectivity index (χ1v) is 7.07. The van der Waals surface area contributed by atoms with Crippen molar-refractivity contribution in [3.05, 3.63) is 35.6 Å². The summed E-state index contributed by atoms with van der Waals surface area (Å²) in [7, 11) is 0. The zero-order chi connectivity index (χ0) is 15.4. The number of ether oxygens (including phenoxy) is 1. The number of amides is 1. The lowest BCUT2D eigenvalue weighted by atomic mass is 10.1. The summed E-state index contributed by atoms with van der Waals surface area (Å²) < 4.78 is 18.3. The van der Waals surface area contributed by atoms with Gasteiger partial charge in [-0.1, -0.05) is 13.8 Å². The summed E-state index contributed by atoms with van der Waals surface area (Å²) >= 11 is 0. The Hall–Kier alpha value is -1.50. The molecule has 116 valence electrons. The highest BCUT2D eigenvalue weighted by Gasteiger charge is 2.36. The SMILES string of the molecule is CC(C)N[C@@H]1CO[C@H](CNC(=O)c2ccc(F)cc2)[C@H]1O. The predicted molar refractivity (Wildman–Crippen MR) is 76.5 cm³/mol. The largest absolute Gasteiger partial charge is 0.389 e. The second-order valence-corrected chi connectivity index (χ2v) is 5.51. The average molecular weight is 296 g/mol. The molecule has 0 unspecified atom stereocenters. The summed E-state index contributed by atoms with van der Waals surface area (Å²) in [6.45, 7) is 4.62. The van der Waals surface area contributed by atoms with Crippen LogP contribution in [0.15, 0.2) is 24.3 Å². The highest BCUT2D eigenvalue weighted by molar-refractivity contribution is 5.94. The van der Waals surface area contributed by atoms with Crippen LogP contribution >= 0.6 is 0 Å². The minimum Gasteiger partial charge on any atom is -0.389 e. The molecule has 5 nitrogen and oxygen atoms in total. The molecule has 1 heterocycles. The van der Waals surface area contributed by atoms with Gasteiger partial charge in [0.2, 0.25) is 0 Å². The predicted octanol–water partition coefficient (Wildman–Crippen LogP) is 0.682. The van der Waals surface area contributed by atoms with E-state index in [1.165, 1.54) is 24.3 Å². The van der Waals surface area contributed by atoms with E-state index in [9.17, 15) is 14.3 Å². The van der Waals surface area contributed by atoms with Crippen molar-refractivity contribution in [3.8, 4) is 0 Å². The van der Waals surface area contributed by atoms with Gasteiger partial charge in [0.25, 0.3) is 5.91 Å². The maximum Gasteiger partial charge on any atom is 0.251 e. The molecule has 1 aromatic rings. The minimum absolute atomic E-state index is 0.127. The van der Waals surface area contributed by atoms with Gasteiger partial charge in [-0.05, 0) is 24.3 Å². The van der Waals surface area contributed by atoms with Crippen LogP contribution in [0.4, 0.5) is 4.39 Å². The van der Waals surface area contributed by atoms with Crippen LogP contribution in [-0.2, 0) is 4.74 Å². The number of carbonyl (C=O) groups is 1. The summed E-state index contributed by atoms with van der Waals surface area (Å²) in [6, 6.07) is 5.43. The van der Waals surface area contributed by atoms with E-state index >= 15 is 0 Å². The van der Waals surface area contributed by atoms with Gasteiger partial charge in [0.15, 0.2) is 0 Å². The van der Waals surface area contributed by atoms with E-state index < -0.39 is 12.2 Å². The number of rotatable bonds is 5. The van der Waals surface area contributed by atoms with Crippen molar-refractivity contribution in [3.63, 3.8) is 0 Å². The quantitative estimate of drug-likeness (QED) is 0.747. The molecule has 1 saturated heterocycles. The third kappa shape index (κ3) is 4.23. The molecule has 6 heteroatoms. The van der Waals surface area contributed by atoms with Crippen LogP contribution < -0.4 is 10.6 Å². The van der Waals surface area contributed by atoms with E-state index in [2.05, 4.69) is 10.6 Å². The number of carbonyl (C=O) groups excluding carboxylic acids is 1. The van der Waals surface area contributed by atoms with Crippen LogP contribution in [0.2, 0.25) is 0 Å². The molecule has 1 amide bonds. The first-order valence-electron chi connectivity index (χ1n) is 7.07. The summed E-state index contributed by atoms with van der Waals surface area (Å²) in [4.78, 5) is 11.9. The lowest BCUT2D eigenvalue weighted by molar-refractivity contribution is 0.0397. The monoisotopic (exact) mass is 296 g/mol. The highest BCUT2D eigenvalue weighted by atomic mass is 19.1. The summed E-state index contributed by atoms with van der Waals surface area (Å²) in [6.07, 6.45) is -1.11. The summed E-state index contributed by atoms with van der Waals surface area (Å²) in [5.74, 6) is -0.699. The van der Waals surface area contributed by atoms with Crippen molar-refractivity contribution in [2.75, 3.05) is 13.2 Å². The molecule has 0 spiro atoms. The first kappa shape index (κ1) is 15.9. The van der Waals surface area contributed by atoms with Gasteiger partial charge >= 0.3 is 0 Å².